The number of nitrogens with zero attached hydrogens (tertiary/aromatic N) is 2. The fourth-order valence-electron chi connectivity index (χ4n) is 2.91. The maximum atomic E-state index is 12.4. The maximum absolute atomic E-state index is 12.4. The number of hydrogen-bond acceptors (Lipinski definition) is 5. The van der Waals surface area contributed by atoms with Gasteiger partial charge in [-0.15, -0.1) is 0 Å². The molecule has 1 aromatic heterocycles. The zero-order valence-corrected chi connectivity index (χ0v) is 16.8. The number of methoxy groups -OCH3 is 1. The van der Waals surface area contributed by atoms with E-state index in [4.69, 9.17) is 4.42 Å². The molecule has 0 radical (unpaired) electrons. The summed E-state index contributed by atoms with van der Waals surface area (Å²) in [5.41, 5.74) is 3.57. The van der Waals surface area contributed by atoms with Crippen molar-refractivity contribution in [1.82, 2.24) is 9.88 Å². The molecule has 0 aliphatic rings. The Morgan fingerprint density at radius 3 is 2.41 bits per heavy atom. The minimum absolute atomic E-state index is 0.00266. The van der Waals surface area contributed by atoms with E-state index in [1.54, 1.807) is 30.3 Å². The highest BCUT2D eigenvalue weighted by molar-refractivity contribution is 5.89. The van der Waals surface area contributed by atoms with Crippen molar-refractivity contribution in [3.05, 3.63) is 77.3 Å². The number of benzene rings is 2. The van der Waals surface area contributed by atoms with Crippen molar-refractivity contribution < 1.29 is 18.7 Å². The van der Waals surface area contributed by atoms with Crippen molar-refractivity contribution in [2.75, 3.05) is 14.2 Å². The first-order valence-electron chi connectivity index (χ1n) is 9.39. The molecule has 0 bridgehead atoms. The number of aromatic nitrogens is 1. The van der Waals surface area contributed by atoms with Gasteiger partial charge in [-0.25, -0.2) is 9.78 Å². The molecule has 0 unspecified atom stereocenters. The predicted molar refractivity (Wildman–Crippen MR) is 109 cm³/mol. The number of ether oxygens (including phenoxy) is 1. The number of esters is 1. The monoisotopic (exact) mass is 392 g/mol. The van der Waals surface area contributed by atoms with Crippen molar-refractivity contribution in [1.29, 1.82) is 0 Å². The third-order valence-electron chi connectivity index (χ3n) is 4.66. The van der Waals surface area contributed by atoms with Crippen LogP contribution in [-0.2, 0) is 22.5 Å². The van der Waals surface area contributed by atoms with Crippen LogP contribution in [0.25, 0.3) is 11.3 Å². The molecule has 0 spiro atoms. The van der Waals surface area contributed by atoms with Gasteiger partial charge >= 0.3 is 5.97 Å². The minimum atomic E-state index is -0.378. The largest absolute Gasteiger partial charge is 0.465 e. The van der Waals surface area contributed by atoms with Crippen LogP contribution < -0.4 is 0 Å². The van der Waals surface area contributed by atoms with Gasteiger partial charge in [-0.1, -0.05) is 42.0 Å². The Kier molecular flexibility index (Phi) is 6.44. The Labute approximate surface area is 170 Å². The van der Waals surface area contributed by atoms with E-state index in [0.717, 1.165) is 11.1 Å². The molecule has 2 aromatic carbocycles. The van der Waals surface area contributed by atoms with E-state index >= 15 is 0 Å². The zero-order chi connectivity index (χ0) is 20.8. The van der Waals surface area contributed by atoms with Gasteiger partial charge < -0.3 is 14.1 Å². The molecular weight excluding hydrogens is 368 g/mol. The van der Waals surface area contributed by atoms with Crippen molar-refractivity contribution in [2.24, 2.45) is 0 Å². The lowest BCUT2D eigenvalue weighted by molar-refractivity contribution is -0.130. The van der Waals surface area contributed by atoms with Gasteiger partial charge in [-0.3, -0.25) is 4.79 Å². The van der Waals surface area contributed by atoms with Gasteiger partial charge in [-0.05, 0) is 24.6 Å². The Balaban J connectivity index is 1.52. The third kappa shape index (κ3) is 5.31. The number of aryl methyl sites for hydroxylation is 2. The molecule has 150 valence electrons. The van der Waals surface area contributed by atoms with Crippen LogP contribution in [0.3, 0.4) is 0 Å². The predicted octanol–water partition coefficient (Wildman–Crippen LogP) is 4.03. The van der Waals surface area contributed by atoms with E-state index < -0.39 is 0 Å². The molecule has 1 amide bonds. The second kappa shape index (κ2) is 9.19. The number of oxazole rings is 1. The quantitative estimate of drug-likeness (QED) is 0.568. The van der Waals surface area contributed by atoms with Crippen LogP contribution in [0.5, 0.6) is 0 Å². The van der Waals surface area contributed by atoms with E-state index in [1.807, 2.05) is 43.3 Å². The average Bonchev–Trinajstić information content (AvgIpc) is 3.21. The molecular formula is C23H24N2O4. The third-order valence-corrected chi connectivity index (χ3v) is 4.66. The van der Waals surface area contributed by atoms with Gasteiger partial charge in [0.15, 0.2) is 11.7 Å². The lowest BCUT2D eigenvalue weighted by atomic mass is 10.1. The van der Waals surface area contributed by atoms with Gasteiger partial charge in [0.05, 0.1) is 18.9 Å². The van der Waals surface area contributed by atoms with Gasteiger partial charge in [0.2, 0.25) is 5.91 Å². The number of hydrogen-bond donors (Lipinski definition) is 0. The summed E-state index contributed by atoms with van der Waals surface area (Å²) in [6.45, 7) is 2.49. The summed E-state index contributed by atoms with van der Waals surface area (Å²) in [6.07, 6.45) is 2.44. The molecule has 0 N–H and O–H groups in total. The Morgan fingerprint density at radius 1 is 1.07 bits per heavy atom. The molecule has 29 heavy (non-hydrogen) atoms. The first kappa shape index (κ1) is 20.3. The molecule has 3 aromatic rings. The second-order valence-electron chi connectivity index (χ2n) is 6.92. The van der Waals surface area contributed by atoms with E-state index in [1.165, 1.54) is 12.7 Å². The van der Waals surface area contributed by atoms with Gasteiger partial charge in [0.1, 0.15) is 0 Å². The molecule has 3 rings (SSSR count). The van der Waals surface area contributed by atoms with Crippen molar-refractivity contribution >= 4 is 11.9 Å². The van der Waals surface area contributed by atoms with Crippen LogP contribution in [0.4, 0.5) is 0 Å². The SMILES string of the molecule is COC(=O)c1ccc(CN(C)C(=O)CCc2ncc(-c3ccc(C)cc3)o2)cc1. The van der Waals surface area contributed by atoms with Crippen LogP contribution in [0, 0.1) is 6.92 Å². The van der Waals surface area contributed by atoms with Crippen LogP contribution in [-0.4, -0.2) is 35.9 Å². The zero-order valence-electron chi connectivity index (χ0n) is 16.8. The summed E-state index contributed by atoms with van der Waals surface area (Å²) in [6, 6.07) is 15.0. The first-order chi connectivity index (χ1) is 14.0. The number of carbonyl (C=O) groups excluding carboxylic acids is 2. The molecule has 0 atom stereocenters. The molecule has 1 heterocycles. The molecule has 0 saturated carbocycles. The molecule has 0 fully saturated rings. The summed E-state index contributed by atoms with van der Waals surface area (Å²) in [5.74, 6) is 0.866. The lowest BCUT2D eigenvalue weighted by Crippen LogP contribution is -2.26. The normalized spacial score (nSPS) is 10.6. The molecule has 6 nitrogen and oxygen atoms in total. The fourth-order valence-corrected chi connectivity index (χ4v) is 2.91. The fraction of sp³-hybridized carbons (Fsp3) is 0.261. The molecule has 0 aliphatic carbocycles. The highest BCUT2D eigenvalue weighted by Crippen LogP contribution is 2.21. The number of amides is 1. The van der Waals surface area contributed by atoms with E-state index in [0.29, 0.717) is 36.6 Å². The van der Waals surface area contributed by atoms with Crippen LogP contribution in [0.15, 0.2) is 59.1 Å². The highest BCUT2D eigenvalue weighted by Gasteiger charge is 2.13. The van der Waals surface area contributed by atoms with E-state index in [9.17, 15) is 9.59 Å². The summed E-state index contributed by atoms with van der Waals surface area (Å²) < 4.78 is 10.5. The maximum Gasteiger partial charge on any atom is 0.337 e. The summed E-state index contributed by atoms with van der Waals surface area (Å²) in [7, 11) is 3.10. The topological polar surface area (TPSA) is 72.6 Å². The van der Waals surface area contributed by atoms with Crippen molar-refractivity contribution in [3.63, 3.8) is 0 Å². The van der Waals surface area contributed by atoms with Crippen LogP contribution in [0.2, 0.25) is 0 Å². The summed E-state index contributed by atoms with van der Waals surface area (Å²) >= 11 is 0. The van der Waals surface area contributed by atoms with Crippen molar-refractivity contribution in [2.45, 2.75) is 26.3 Å². The average molecular weight is 392 g/mol. The lowest BCUT2D eigenvalue weighted by Gasteiger charge is -2.17. The number of carbonyl (C=O) groups is 2. The molecule has 0 aliphatic heterocycles. The highest BCUT2D eigenvalue weighted by atomic mass is 16.5. The molecule has 6 heteroatoms. The second-order valence-corrected chi connectivity index (χ2v) is 6.92. The minimum Gasteiger partial charge on any atom is -0.465 e. The Morgan fingerprint density at radius 2 is 1.76 bits per heavy atom. The Hall–Kier alpha value is -3.41. The van der Waals surface area contributed by atoms with Crippen molar-refractivity contribution in [3.8, 4) is 11.3 Å². The first-order valence-corrected chi connectivity index (χ1v) is 9.39. The van der Waals surface area contributed by atoms with Gasteiger partial charge in [0.25, 0.3) is 0 Å². The Bertz CT molecular complexity index is 975. The van der Waals surface area contributed by atoms with Gasteiger partial charge in [-0.2, -0.15) is 0 Å². The number of rotatable bonds is 7. The molecule has 0 saturated heterocycles. The van der Waals surface area contributed by atoms with Crippen LogP contribution in [0.1, 0.15) is 33.8 Å². The van der Waals surface area contributed by atoms with E-state index in [-0.39, 0.29) is 11.9 Å². The van der Waals surface area contributed by atoms with Gasteiger partial charge in [0, 0.05) is 32.0 Å². The van der Waals surface area contributed by atoms with Crippen LogP contribution >= 0.6 is 0 Å². The van der Waals surface area contributed by atoms with E-state index in [2.05, 4.69) is 9.72 Å². The summed E-state index contributed by atoms with van der Waals surface area (Å²) in [4.78, 5) is 29.9. The standard InChI is InChI=1S/C23H24N2O4/c1-16-4-8-18(9-5-16)20-14-24-21(29-20)12-13-22(26)25(2)15-17-6-10-19(11-7-17)23(27)28-3/h4-11,14H,12-13,15H2,1-3H3. The smallest absolute Gasteiger partial charge is 0.337 e. The summed E-state index contributed by atoms with van der Waals surface area (Å²) in [5, 5.41) is 0.